The van der Waals surface area contributed by atoms with Crippen molar-refractivity contribution in [3.05, 3.63) is 24.5 Å². The molecule has 3 nitrogen and oxygen atoms in total. The predicted octanol–water partition coefficient (Wildman–Crippen LogP) is 3.85. The van der Waals surface area contributed by atoms with E-state index in [0.29, 0.717) is 5.92 Å². The highest BCUT2D eigenvalue weighted by atomic mass is 14.9. The number of benzene rings is 1. The molecule has 3 heteroatoms. The van der Waals surface area contributed by atoms with Crippen LogP contribution >= 0.6 is 0 Å². The minimum Gasteiger partial charge on any atom is -0.345 e. The lowest BCUT2D eigenvalue weighted by Crippen LogP contribution is -2.06. The molecule has 2 aromatic rings. The molecule has 0 amide bonds. The van der Waals surface area contributed by atoms with Gasteiger partial charge in [0.15, 0.2) is 0 Å². The smallest absolute Gasteiger partial charge is 0.0931 e. The van der Waals surface area contributed by atoms with Crippen LogP contribution in [0.25, 0.3) is 11.0 Å². The van der Waals surface area contributed by atoms with Crippen LogP contribution in [0.3, 0.4) is 0 Å². The van der Waals surface area contributed by atoms with E-state index in [2.05, 4.69) is 27.2 Å². The van der Waals surface area contributed by atoms with Gasteiger partial charge in [-0.25, -0.2) is 4.98 Å². The third-order valence-electron chi connectivity index (χ3n) is 3.49. The Kier molecular flexibility index (Phi) is 2.90. The molecule has 0 aliphatic heterocycles. The summed E-state index contributed by atoms with van der Waals surface area (Å²) in [5.41, 5.74) is 3.08. The number of fused-ring (bicyclic) bond motifs is 1. The molecular formula is C14H17N3. The molecule has 17 heavy (non-hydrogen) atoms. The molecule has 1 fully saturated rings. The fraction of sp³-hybridized carbons (Fsp3) is 0.429. The molecule has 0 saturated heterocycles. The zero-order valence-electron chi connectivity index (χ0n) is 9.89. The van der Waals surface area contributed by atoms with Gasteiger partial charge in [0, 0.05) is 6.21 Å². The van der Waals surface area contributed by atoms with Gasteiger partial charge >= 0.3 is 0 Å². The van der Waals surface area contributed by atoms with Gasteiger partial charge in [-0.05, 0) is 37.0 Å². The van der Waals surface area contributed by atoms with Crippen molar-refractivity contribution < 1.29 is 0 Å². The lowest BCUT2D eigenvalue weighted by molar-refractivity contribution is 0.445. The molecule has 0 unspecified atom stereocenters. The second kappa shape index (κ2) is 4.70. The van der Waals surface area contributed by atoms with Gasteiger partial charge in [-0.1, -0.05) is 19.3 Å². The predicted molar refractivity (Wildman–Crippen MR) is 70.8 cm³/mol. The number of hydrogen-bond donors (Lipinski definition) is 1. The maximum absolute atomic E-state index is 4.59. The Morgan fingerprint density at radius 2 is 2.12 bits per heavy atom. The van der Waals surface area contributed by atoms with Crippen LogP contribution in [-0.4, -0.2) is 16.2 Å². The second-order valence-corrected chi connectivity index (χ2v) is 4.78. The summed E-state index contributed by atoms with van der Waals surface area (Å²) in [5.74, 6) is 0.682. The van der Waals surface area contributed by atoms with Crippen molar-refractivity contribution in [3.8, 4) is 0 Å². The Morgan fingerprint density at radius 3 is 3.00 bits per heavy atom. The third kappa shape index (κ3) is 2.38. The first-order valence-corrected chi connectivity index (χ1v) is 6.39. The van der Waals surface area contributed by atoms with E-state index >= 15 is 0 Å². The van der Waals surface area contributed by atoms with E-state index in [1.54, 1.807) is 6.33 Å². The van der Waals surface area contributed by atoms with Crippen molar-refractivity contribution in [2.24, 2.45) is 10.9 Å². The zero-order valence-corrected chi connectivity index (χ0v) is 9.89. The van der Waals surface area contributed by atoms with Gasteiger partial charge in [0.05, 0.1) is 23.0 Å². The third-order valence-corrected chi connectivity index (χ3v) is 3.49. The number of aromatic amines is 1. The van der Waals surface area contributed by atoms with Crippen LogP contribution in [0.15, 0.2) is 29.5 Å². The molecule has 1 aromatic heterocycles. The summed E-state index contributed by atoms with van der Waals surface area (Å²) in [7, 11) is 0. The first kappa shape index (κ1) is 10.5. The number of nitrogens with one attached hydrogen (secondary N) is 1. The van der Waals surface area contributed by atoms with Crippen LogP contribution in [-0.2, 0) is 0 Å². The average Bonchev–Trinajstić information content (AvgIpc) is 2.85. The van der Waals surface area contributed by atoms with Gasteiger partial charge in [-0.15, -0.1) is 0 Å². The minimum atomic E-state index is 0.682. The number of imidazole rings is 1. The number of H-pyrrole nitrogens is 1. The zero-order chi connectivity index (χ0) is 11.5. The number of aliphatic imine (C=N–C) groups is 1. The Balaban J connectivity index is 1.76. The van der Waals surface area contributed by atoms with Crippen LogP contribution in [0, 0.1) is 5.92 Å². The largest absolute Gasteiger partial charge is 0.345 e. The van der Waals surface area contributed by atoms with Crippen LogP contribution in [0.1, 0.15) is 32.1 Å². The number of nitrogens with zero attached hydrogens (tertiary/aromatic N) is 2. The maximum Gasteiger partial charge on any atom is 0.0931 e. The van der Waals surface area contributed by atoms with Gasteiger partial charge in [0.1, 0.15) is 0 Å². The van der Waals surface area contributed by atoms with Crippen LogP contribution in [0.4, 0.5) is 5.69 Å². The van der Waals surface area contributed by atoms with Crippen LogP contribution in [0.2, 0.25) is 0 Å². The van der Waals surface area contributed by atoms with Crippen LogP contribution in [0.5, 0.6) is 0 Å². The highest BCUT2D eigenvalue weighted by Crippen LogP contribution is 2.24. The molecule has 0 spiro atoms. The van der Waals surface area contributed by atoms with E-state index in [1.807, 2.05) is 12.1 Å². The Labute approximate surface area is 101 Å². The van der Waals surface area contributed by atoms with Crippen molar-refractivity contribution in [1.82, 2.24) is 9.97 Å². The fourth-order valence-corrected chi connectivity index (χ4v) is 2.48. The van der Waals surface area contributed by atoms with Gasteiger partial charge in [0.2, 0.25) is 0 Å². The molecule has 1 aliphatic rings. The van der Waals surface area contributed by atoms with Gasteiger partial charge in [-0.3, -0.25) is 4.99 Å². The van der Waals surface area contributed by atoms with Crippen molar-refractivity contribution in [3.63, 3.8) is 0 Å². The molecule has 3 rings (SSSR count). The molecule has 0 radical (unpaired) electrons. The highest BCUT2D eigenvalue weighted by Gasteiger charge is 2.10. The fourth-order valence-electron chi connectivity index (χ4n) is 2.48. The normalized spacial score (nSPS) is 18.1. The van der Waals surface area contributed by atoms with E-state index in [0.717, 1.165) is 16.7 Å². The van der Waals surface area contributed by atoms with Crippen LogP contribution < -0.4 is 0 Å². The minimum absolute atomic E-state index is 0.682. The van der Waals surface area contributed by atoms with E-state index in [1.165, 1.54) is 32.1 Å². The van der Waals surface area contributed by atoms with Gasteiger partial charge in [0.25, 0.3) is 0 Å². The molecule has 1 saturated carbocycles. The first-order chi connectivity index (χ1) is 8.42. The monoisotopic (exact) mass is 227 g/mol. The summed E-state index contributed by atoms with van der Waals surface area (Å²) < 4.78 is 0. The van der Waals surface area contributed by atoms with E-state index in [-0.39, 0.29) is 0 Å². The van der Waals surface area contributed by atoms with Crippen molar-refractivity contribution in [2.75, 3.05) is 0 Å². The lowest BCUT2D eigenvalue weighted by atomic mass is 9.90. The summed E-state index contributed by atoms with van der Waals surface area (Å²) in [5, 5.41) is 0. The first-order valence-electron chi connectivity index (χ1n) is 6.39. The summed E-state index contributed by atoms with van der Waals surface area (Å²) in [6, 6.07) is 6.10. The number of hydrogen-bond acceptors (Lipinski definition) is 2. The summed E-state index contributed by atoms with van der Waals surface area (Å²) in [6.07, 6.45) is 10.6. The quantitative estimate of drug-likeness (QED) is 0.778. The second-order valence-electron chi connectivity index (χ2n) is 4.78. The SMILES string of the molecule is C(=Nc1ccc2nc[nH]c2c1)C1CCCCC1. The average molecular weight is 227 g/mol. The highest BCUT2D eigenvalue weighted by molar-refractivity contribution is 5.79. The Hall–Kier alpha value is -1.64. The molecule has 0 bridgehead atoms. The Bertz CT molecular complexity index is 521. The summed E-state index contributed by atoms with van der Waals surface area (Å²) >= 11 is 0. The summed E-state index contributed by atoms with van der Waals surface area (Å²) in [4.78, 5) is 11.9. The van der Waals surface area contributed by atoms with E-state index in [4.69, 9.17) is 0 Å². The topological polar surface area (TPSA) is 41.0 Å². The van der Waals surface area contributed by atoms with E-state index in [9.17, 15) is 0 Å². The molecule has 1 aliphatic carbocycles. The standard InChI is InChI=1S/C14H17N3/c1-2-4-11(5-3-1)9-15-12-6-7-13-14(8-12)17-10-16-13/h6-11H,1-5H2,(H,16,17). The lowest BCUT2D eigenvalue weighted by Gasteiger charge is -2.16. The van der Waals surface area contributed by atoms with Gasteiger partial charge < -0.3 is 4.98 Å². The maximum atomic E-state index is 4.59. The molecule has 0 atom stereocenters. The van der Waals surface area contributed by atoms with Crippen molar-refractivity contribution in [1.29, 1.82) is 0 Å². The summed E-state index contributed by atoms with van der Waals surface area (Å²) in [6.45, 7) is 0. The molecule has 88 valence electrons. The number of rotatable bonds is 2. The molecular weight excluding hydrogens is 210 g/mol. The van der Waals surface area contributed by atoms with Gasteiger partial charge in [-0.2, -0.15) is 0 Å². The molecule has 1 heterocycles. The molecule has 1 aromatic carbocycles. The molecule has 1 N–H and O–H groups in total. The van der Waals surface area contributed by atoms with E-state index < -0.39 is 0 Å². The number of aromatic nitrogens is 2. The van der Waals surface area contributed by atoms with Crippen molar-refractivity contribution >= 4 is 22.9 Å². The Morgan fingerprint density at radius 1 is 1.24 bits per heavy atom. The van der Waals surface area contributed by atoms with Crippen molar-refractivity contribution in [2.45, 2.75) is 32.1 Å².